The van der Waals surface area contributed by atoms with Gasteiger partial charge in [-0.2, -0.15) is 5.10 Å². The molecule has 1 heterocycles. The van der Waals surface area contributed by atoms with Crippen LogP contribution >= 0.6 is 11.8 Å². The smallest absolute Gasteiger partial charge is 0.338 e. The van der Waals surface area contributed by atoms with E-state index < -0.39 is 12.0 Å². The number of carbonyl (C=O) groups is 2. The minimum absolute atomic E-state index is 0.0460. The van der Waals surface area contributed by atoms with E-state index in [1.807, 2.05) is 54.6 Å². The van der Waals surface area contributed by atoms with Crippen LogP contribution in [0.4, 0.5) is 5.69 Å². The quantitative estimate of drug-likeness (QED) is 0.689. The number of hydrogen-bond acceptors (Lipinski definition) is 4. The lowest BCUT2D eigenvalue weighted by atomic mass is 10.2. The van der Waals surface area contributed by atoms with Crippen molar-refractivity contribution in [1.29, 1.82) is 0 Å². The Hall–Kier alpha value is -3.06. The highest BCUT2D eigenvalue weighted by Gasteiger charge is 2.18. The van der Waals surface area contributed by atoms with Crippen LogP contribution < -0.4 is 5.32 Å². The zero-order chi connectivity index (χ0) is 18.5. The monoisotopic (exact) mass is 367 g/mol. The summed E-state index contributed by atoms with van der Waals surface area (Å²) in [5, 5.41) is 15.8. The van der Waals surface area contributed by atoms with E-state index in [0.29, 0.717) is 5.69 Å². The lowest BCUT2D eigenvalue weighted by Gasteiger charge is -2.15. The molecule has 3 rings (SSSR count). The highest BCUT2D eigenvalue weighted by molar-refractivity contribution is 7.99. The van der Waals surface area contributed by atoms with E-state index in [-0.39, 0.29) is 11.5 Å². The van der Waals surface area contributed by atoms with Gasteiger partial charge in [0.15, 0.2) is 0 Å². The third-order valence-corrected chi connectivity index (χ3v) is 4.82. The predicted octanol–water partition coefficient (Wildman–Crippen LogP) is 3.93. The van der Waals surface area contributed by atoms with Crippen molar-refractivity contribution in [2.75, 3.05) is 5.32 Å². The molecule has 0 bridgehead atoms. The van der Waals surface area contributed by atoms with Crippen LogP contribution in [0.5, 0.6) is 0 Å². The van der Waals surface area contributed by atoms with Crippen LogP contribution in [-0.2, 0) is 4.79 Å². The summed E-state index contributed by atoms with van der Waals surface area (Å²) in [6, 6.07) is 16.8. The van der Waals surface area contributed by atoms with E-state index in [4.69, 9.17) is 5.11 Å². The molecule has 1 atom stereocenters. The maximum Gasteiger partial charge on any atom is 0.338 e. The molecular weight excluding hydrogens is 350 g/mol. The van der Waals surface area contributed by atoms with Crippen LogP contribution in [0.2, 0.25) is 0 Å². The number of rotatable bonds is 6. The summed E-state index contributed by atoms with van der Waals surface area (Å²) < 4.78 is 1.34. The Morgan fingerprint density at radius 2 is 1.81 bits per heavy atom. The molecule has 132 valence electrons. The third kappa shape index (κ3) is 4.12. The summed E-state index contributed by atoms with van der Waals surface area (Å²) in [6.07, 6.45) is 2.57. The van der Waals surface area contributed by atoms with Gasteiger partial charge in [0.05, 0.1) is 17.4 Å². The van der Waals surface area contributed by atoms with Crippen LogP contribution in [-0.4, -0.2) is 26.8 Å². The van der Waals surface area contributed by atoms with Gasteiger partial charge in [0.1, 0.15) is 6.04 Å². The molecule has 0 saturated carbocycles. The number of benzene rings is 2. The second-order valence-corrected chi connectivity index (χ2v) is 6.71. The molecule has 0 radical (unpaired) electrons. The van der Waals surface area contributed by atoms with Crippen molar-refractivity contribution in [1.82, 2.24) is 9.78 Å². The molecule has 0 saturated heterocycles. The van der Waals surface area contributed by atoms with Gasteiger partial charge in [-0.15, -0.1) is 0 Å². The van der Waals surface area contributed by atoms with E-state index in [9.17, 15) is 9.59 Å². The van der Waals surface area contributed by atoms with E-state index in [2.05, 4.69) is 10.4 Å². The van der Waals surface area contributed by atoms with Gasteiger partial charge >= 0.3 is 5.97 Å². The Labute approximate surface area is 154 Å². The summed E-state index contributed by atoms with van der Waals surface area (Å²) in [4.78, 5) is 25.5. The Balaban J connectivity index is 1.75. The maximum atomic E-state index is 12.6. The van der Waals surface area contributed by atoms with Gasteiger partial charge in [0.25, 0.3) is 0 Å². The highest BCUT2D eigenvalue weighted by atomic mass is 32.2. The zero-order valence-electron chi connectivity index (χ0n) is 14.0. The molecule has 1 aromatic heterocycles. The Morgan fingerprint density at radius 3 is 2.50 bits per heavy atom. The molecule has 3 aromatic rings. The molecule has 1 amide bonds. The molecule has 0 aliphatic rings. The molecule has 0 aliphatic heterocycles. The van der Waals surface area contributed by atoms with Crippen LogP contribution in [0.3, 0.4) is 0 Å². The maximum absolute atomic E-state index is 12.6. The van der Waals surface area contributed by atoms with Crippen LogP contribution in [0.1, 0.15) is 23.3 Å². The van der Waals surface area contributed by atoms with Crippen molar-refractivity contribution in [3.05, 3.63) is 72.6 Å². The molecular formula is C19H17N3O3S. The molecule has 0 spiro atoms. The van der Waals surface area contributed by atoms with Gasteiger partial charge in [0, 0.05) is 16.0 Å². The summed E-state index contributed by atoms with van der Waals surface area (Å²) in [5.74, 6) is -1.35. The van der Waals surface area contributed by atoms with Crippen LogP contribution in [0, 0.1) is 0 Å². The summed E-state index contributed by atoms with van der Waals surface area (Å²) in [7, 11) is 0. The number of aromatic carboxylic acids is 1. The van der Waals surface area contributed by atoms with Crippen molar-refractivity contribution in [2.45, 2.75) is 22.8 Å². The molecule has 7 heteroatoms. The number of carbonyl (C=O) groups excluding carboxylic acids is 1. The third-order valence-electron chi connectivity index (χ3n) is 3.74. The van der Waals surface area contributed by atoms with Gasteiger partial charge in [-0.25, -0.2) is 4.79 Å². The molecule has 1 unspecified atom stereocenters. The minimum atomic E-state index is -1.08. The molecule has 2 aromatic carbocycles. The minimum Gasteiger partial charge on any atom is -0.478 e. The second-order valence-electron chi connectivity index (χ2n) is 5.59. The number of nitrogens with one attached hydrogen (secondary N) is 1. The molecule has 0 fully saturated rings. The number of anilines is 1. The first-order chi connectivity index (χ1) is 12.5. The molecule has 6 nitrogen and oxygen atoms in total. The normalized spacial score (nSPS) is 11.7. The number of para-hydroxylation sites is 1. The Kier molecular flexibility index (Phi) is 5.38. The van der Waals surface area contributed by atoms with Crippen molar-refractivity contribution in [3.63, 3.8) is 0 Å². The summed E-state index contributed by atoms with van der Waals surface area (Å²) in [6.45, 7) is 1.67. The van der Waals surface area contributed by atoms with Crippen LogP contribution in [0.25, 0.3) is 0 Å². The van der Waals surface area contributed by atoms with Crippen LogP contribution in [0.15, 0.2) is 76.8 Å². The number of carboxylic acid groups (broad SMARTS) is 1. The summed E-state index contributed by atoms with van der Waals surface area (Å²) >= 11 is 1.56. The van der Waals surface area contributed by atoms with E-state index in [1.54, 1.807) is 18.7 Å². The van der Waals surface area contributed by atoms with Gasteiger partial charge in [-0.3, -0.25) is 9.48 Å². The molecule has 0 aliphatic carbocycles. The van der Waals surface area contributed by atoms with Crippen molar-refractivity contribution >= 4 is 29.3 Å². The van der Waals surface area contributed by atoms with Crippen molar-refractivity contribution in [2.24, 2.45) is 0 Å². The second kappa shape index (κ2) is 7.88. The number of nitrogens with zero attached hydrogens (tertiary/aromatic N) is 2. The fraction of sp³-hybridized carbons (Fsp3) is 0.105. The predicted molar refractivity (Wildman–Crippen MR) is 99.5 cm³/mol. The number of carboxylic acids is 1. The largest absolute Gasteiger partial charge is 0.478 e. The number of amides is 1. The van der Waals surface area contributed by atoms with Gasteiger partial charge in [-0.1, -0.05) is 42.1 Å². The molecule has 2 N–H and O–H groups in total. The van der Waals surface area contributed by atoms with Gasteiger partial charge in [0.2, 0.25) is 5.91 Å². The standard InChI is InChI=1S/C19H17N3O3S/c1-13(22-12-14(11-20-22)19(24)25)18(23)21-16-9-5-6-10-17(16)26-15-7-3-2-4-8-15/h2-13H,1H3,(H,21,23)(H,24,25). The topological polar surface area (TPSA) is 84.2 Å². The van der Waals surface area contributed by atoms with Crippen molar-refractivity contribution in [3.8, 4) is 0 Å². The number of aromatic nitrogens is 2. The fourth-order valence-electron chi connectivity index (χ4n) is 2.29. The average molecular weight is 367 g/mol. The Morgan fingerprint density at radius 1 is 1.12 bits per heavy atom. The lowest BCUT2D eigenvalue weighted by molar-refractivity contribution is -0.119. The van der Waals surface area contributed by atoms with E-state index >= 15 is 0 Å². The summed E-state index contributed by atoms with van der Waals surface area (Å²) in [5.41, 5.74) is 0.744. The highest BCUT2D eigenvalue weighted by Crippen LogP contribution is 2.33. The van der Waals surface area contributed by atoms with Gasteiger partial charge in [-0.05, 0) is 31.2 Å². The van der Waals surface area contributed by atoms with Gasteiger partial charge < -0.3 is 10.4 Å². The Bertz CT molecular complexity index is 925. The SMILES string of the molecule is CC(C(=O)Nc1ccccc1Sc1ccccc1)n1cc(C(=O)O)cn1. The zero-order valence-corrected chi connectivity index (χ0v) is 14.8. The number of hydrogen-bond donors (Lipinski definition) is 2. The van der Waals surface area contributed by atoms with Crippen molar-refractivity contribution < 1.29 is 14.7 Å². The first-order valence-corrected chi connectivity index (χ1v) is 8.76. The van der Waals surface area contributed by atoms with E-state index in [1.165, 1.54) is 17.1 Å². The molecule has 26 heavy (non-hydrogen) atoms. The lowest BCUT2D eigenvalue weighted by Crippen LogP contribution is -2.24. The average Bonchev–Trinajstić information content (AvgIpc) is 3.14. The van der Waals surface area contributed by atoms with E-state index in [0.717, 1.165) is 9.79 Å². The first kappa shape index (κ1) is 17.8. The first-order valence-electron chi connectivity index (χ1n) is 7.95. The fourth-order valence-corrected chi connectivity index (χ4v) is 3.21.